The molecule has 0 bridgehead atoms. The second kappa shape index (κ2) is 11.6. The van der Waals surface area contributed by atoms with E-state index in [1.165, 1.54) is 6.26 Å². The van der Waals surface area contributed by atoms with E-state index in [1.807, 2.05) is 13.0 Å². The van der Waals surface area contributed by atoms with E-state index in [4.69, 9.17) is 8.94 Å². The Hall–Kier alpha value is -2.04. The fourth-order valence-corrected chi connectivity index (χ4v) is 2.03. The molecular formula is C17H26IN5O3. The summed E-state index contributed by atoms with van der Waals surface area (Å²) in [7, 11) is 0. The number of aliphatic imine (C=N–C) groups is 1. The van der Waals surface area contributed by atoms with Crippen LogP contribution in [-0.2, 0) is 6.54 Å². The van der Waals surface area contributed by atoms with Crippen LogP contribution in [0.5, 0.6) is 0 Å². The molecule has 0 saturated carbocycles. The van der Waals surface area contributed by atoms with E-state index >= 15 is 0 Å². The summed E-state index contributed by atoms with van der Waals surface area (Å²) in [6, 6.07) is 5.22. The molecule has 9 heteroatoms. The van der Waals surface area contributed by atoms with Gasteiger partial charge in [0.2, 0.25) is 0 Å². The zero-order chi connectivity index (χ0) is 18.1. The van der Waals surface area contributed by atoms with Gasteiger partial charge in [0.15, 0.2) is 17.5 Å². The molecule has 0 radical (unpaired) electrons. The monoisotopic (exact) mass is 475 g/mol. The zero-order valence-corrected chi connectivity index (χ0v) is 17.6. The largest absolute Gasteiger partial charge is 0.459 e. The maximum absolute atomic E-state index is 11.7. The summed E-state index contributed by atoms with van der Waals surface area (Å²) in [5, 5.41) is 13.1. The fourth-order valence-electron chi connectivity index (χ4n) is 2.03. The van der Waals surface area contributed by atoms with Crippen LogP contribution in [0.2, 0.25) is 0 Å². The Morgan fingerprint density at radius 1 is 1.27 bits per heavy atom. The molecule has 0 spiro atoms. The molecule has 2 aromatic heterocycles. The number of furan rings is 1. The van der Waals surface area contributed by atoms with Crippen molar-refractivity contribution in [1.82, 2.24) is 21.1 Å². The third-order valence-corrected chi connectivity index (χ3v) is 3.35. The number of nitrogens with zero attached hydrogens (tertiary/aromatic N) is 2. The lowest BCUT2D eigenvalue weighted by molar-refractivity contribution is 0.0926. The third kappa shape index (κ3) is 7.06. The first-order valence-corrected chi connectivity index (χ1v) is 8.39. The van der Waals surface area contributed by atoms with Crippen LogP contribution >= 0.6 is 24.0 Å². The summed E-state index contributed by atoms with van der Waals surface area (Å²) in [5.74, 6) is 1.75. The maximum Gasteiger partial charge on any atom is 0.287 e. The molecular weight excluding hydrogens is 449 g/mol. The lowest BCUT2D eigenvalue weighted by Crippen LogP contribution is -2.41. The standard InChI is InChI=1S/C17H25N5O3.HI/c1-4-18-17(21-11-13-10-14(12(2)3)22-25-13)20-8-7-19-16(23)15-6-5-9-24-15;/h5-6,9-10,12H,4,7-8,11H2,1-3H3,(H,19,23)(H2,18,20,21);1H. The molecule has 0 aliphatic carbocycles. The van der Waals surface area contributed by atoms with Crippen LogP contribution < -0.4 is 16.0 Å². The first kappa shape index (κ1) is 22.0. The number of rotatable bonds is 8. The van der Waals surface area contributed by atoms with E-state index in [0.717, 1.165) is 12.2 Å². The highest BCUT2D eigenvalue weighted by atomic mass is 127. The van der Waals surface area contributed by atoms with Crippen molar-refractivity contribution in [2.75, 3.05) is 19.6 Å². The fraction of sp³-hybridized carbons (Fsp3) is 0.471. The molecule has 0 atom stereocenters. The normalized spacial score (nSPS) is 11.2. The van der Waals surface area contributed by atoms with Crippen LogP contribution in [0.25, 0.3) is 0 Å². The van der Waals surface area contributed by atoms with Crippen molar-refractivity contribution in [3.05, 3.63) is 41.7 Å². The lowest BCUT2D eigenvalue weighted by atomic mass is 10.1. The smallest absolute Gasteiger partial charge is 0.287 e. The van der Waals surface area contributed by atoms with Crippen molar-refractivity contribution in [1.29, 1.82) is 0 Å². The SMILES string of the molecule is CCNC(=NCc1cc(C(C)C)no1)NCCNC(=O)c1ccco1.I. The molecule has 0 fully saturated rings. The summed E-state index contributed by atoms with van der Waals surface area (Å²) < 4.78 is 10.3. The molecule has 8 nitrogen and oxygen atoms in total. The second-order valence-corrected chi connectivity index (χ2v) is 5.73. The highest BCUT2D eigenvalue weighted by Crippen LogP contribution is 2.14. The Bertz CT molecular complexity index is 682. The van der Waals surface area contributed by atoms with Crippen LogP contribution in [-0.4, -0.2) is 36.7 Å². The van der Waals surface area contributed by atoms with Gasteiger partial charge in [0.1, 0.15) is 6.54 Å². The molecule has 3 N–H and O–H groups in total. The molecule has 0 saturated heterocycles. The average Bonchev–Trinajstić information content (AvgIpc) is 3.27. The summed E-state index contributed by atoms with van der Waals surface area (Å²) in [4.78, 5) is 16.2. The second-order valence-electron chi connectivity index (χ2n) is 5.73. The molecule has 2 aromatic rings. The number of halogens is 1. The van der Waals surface area contributed by atoms with Crippen LogP contribution in [0.4, 0.5) is 0 Å². The van der Waals surface area contributed by atoms with Crippen molar-refractivity contribution in [2.24, 2.45) is 4.99 Å². The van der Waals surface area contributed by atoms with Crippen molar-refractivity contribution in [3.63, 3.8) is 0 Å². The number of carbonyl (C=O) groups excluding carboxylic acids is 1. The Morgan fingerprint density at radius 3 is 2.65 bits per heavy atom. The van der Waals surface area contributed by atoms with Crippen molar-refractivity contribution in [2.45, 2.75) is 33.2 Å². The number of amides is 1. The lowest BCUT2D eigenvalue weighted by Gasteiger charge is -2.11. The first-order valence-electron chi connectivity index (χ1n) is 8.39. The van der Waals surface area contributed by atoms with Gasteiger partial charge in [-0.15, -0.1) is 24.0 Å². The van der Waals surface area contributed by atoms with E-state index in [1.54, 1.807) is 12.1 Å². The highest BCUT2D eigenvalue weighted by molar-refractivity contribution is 14.0. The number of aromatic nitrogens is 1. The first-order chi connectivity index (χ1) is 12.1. The molecule has 0 unspecified atom stereocenters. The quantitative estimate of drug-likeness (QED) is 0.235. The van der Waals surface area contributed by atoms with E-state index in [2.05, 4.69) is 39.9 Å². The predicted octanol–water partition coefficient (Wildman–Crippen LogP) is 2.49. The van der Waals surface area contributed by atoms with Crippen LogP contribution in [0.1, 0.15) is 48.7 Å². The summed E-state index contributed by atoms with van der Waals surface area (Å²) in [6.45, 7) is 8.23. The number of nitrogens with one attached hydrogen (secondary N) is 3. The van der Waals surface area contributed by atoms with Gasteiger partial charge in [0, 0.05) is 25.7 Å². The van der Waals surface area contributed by atoms with Crippen LogP contribution in [0, 0.1) is 0 Å². The van der Waals surface area contributed by atoms with Gasteiger partial charge in [0.25, 0.3) is 5.91 Å². The molecule has 2 heterocycles. The van der Waals surface area contributed by atoms with E-state index in [-0.39, 0.29) is 29.9 Å². The summed E-state index contributed by atoms with van der Waals surface area (Å²) >= 11 is 0. The van der Waals surface area contributed by atoms with Crippen molar-refractivity contribution in [3.8, 4) is 0 Å². The third-order valence-electron chi connectivity index (χ3n) is 3.35. The molecule has 0 aromatic carbocycles. The van der Waals surface area contributed by atoms with Gasteiger partial charge in [0.05, 0.1) is 12.0 Å². The minimum absolute atomic E-state index is 0. The van der Waals surface area contributed by atoms with Gasteiger partial charge in [-0.2, -0.15) is 0 Å². The Balaban J connectivity index is 0.00000338. The van der Waals surface area contributed by atoms with Crippen LogP contribution in [0.3, 0.4) is 0 Å². The molecule has 1 amide bonds. The van der Waals surface area contributed by atoms with E-state index in [0.29, 0.717) is 43.0 Å². The number of carbonyl (C=O) groups is 1. The van der Waals surface area contributed by atoms with Gasteiger partial charge >= 0.3 is 0 Å². The van der Waals surface area contributed by atoms with Gasteiger partial charge in [-0.3, -0.25) is 4.79 Å². The molecule has 144 valence electrons. The van der Waals surface area contributed by atoms with Gasteiger partial charge in [-0.1, -0.05) is 19.0 Å². The summed E-state index contributed by atoms with van der Waals surface area (Å²) in [6.07, 6.45) is 1.47. The molecule has 0 aliphatic heterocycles. The topological polar surface area (TPSA) is 105 Å². The molecule has 0 aliphatic rings. The average molecular weight is 475 g/mol. The van der Waals surface area contributed by atoms with E-state index in [9.17, 15) is 4.79 Å². The van der Waals surface area contributed by atoms with E-state index < -0.39 is 0 Å². The summed E-state index contributed by atoms with van der Waals surface area (Å²) in [5.41, 5.74) is 0.920. The number of guanidine groups is 1. The molecule has 2 rings (SSSR count). The highest BCUT2D eigenvalue weighted by Gasteiger charge is 2.08. The Kier molecular flexibility index (Phi) is 9.78. The molecule has 26 heavy (non-hydrogen) atoms. The Morgan fingerprint density at radius 2 is 2.04 bits per heavy atom. The maximum atomic E-state index is 11.7. The van der Waals surface area contributed by atoms with Gasteiger partial charge in [-0.05, 0) is 25.0 Å². The minimum atomic E-state index is -0.239. The van der Waals surface area contributed by atoms with Gasteiger partial charge in [-0.25, -0.2) is 4.99 Å². The number of hydrogen-bond donors (Lipinski definition) is 3. The number of hydrogen-bond acceptors (Lipinski definition) is 5. The van der Waals surface area contributed by atoms with Crippen molar-refractivity contribution >= 4 is 35.8 Å². The van der Waals surface area contributed by atoms with Crippen LogP contribution in [0.15, 0.2) is 38.4 Å². The zero-order valence-electron chi connectivity index (χ0n) is 15.2. The van der Waals surface area contributed by atoms with Crippen molar-refractivity contribution < 1.29 is 13.7 Å². The predicted molar refractivity (Wildman–Crippen MR) is 110 cm³/mol. The minimum Gasteiger partial charge on any atom is -0.459 e. The Labute approximate surface area is 170 Å². The van der Waals surface area contributed by atoms with Gasteiger partial charge < -0.3 is 24.9 Å².